The smallest absolute Gasteiger partial charge is 0.693 e. The average Bonchev–Trinajstić information content (AvgIpc) is 2.47. The van der Waals surface area contributed by atoms with Crippen molar-refractivity contribution in [2.24, 2.45) is 0 Å². The third-order valence-electron chi connectivity index (χ3n) is 3.92. The predicted molar refractivity (Wildman–Crippen MR) is 93.0 cm³/mol. The third kappa shape index (κ3) is 3.60. The van der Waals surface area contributed by atoms with Crippen LogP contribution in [0.15, 0.2) is 24.5 Å². The molecule has 0 saturated heterocycles. The van der Waals surface area contributed by atoms with Crippen LogP contribution in [0.5, 0.6) is 0 Å². The van der Waals surface area contributed by atoms with Crippen molar-refractivity contribution in [3.63, 3.8) is 0 Å². The van der Waals surface area contributed by atoms with Crippen LogP contribution in [0.25, 0.3) is 28.0 Å². The number of nitrogens with zero attached hydrogens (tertiary/aromatic N) is 2. The van der Waals surface area contributed by atoms with Crippen LogP contribution < -0.4 is 0 Å². The number of aryl methyl sites for hydroxylation is 4. The van der Waals surface area contributed by atoms with Crippen LogP contribution in [0, 0.1) is 27.7 Å². The van der Waals surface area contributed by atoms with Gasteiger partial charge in [0.25, 0.3) is 0 Å². The number of fused-ring (bicyclic) bond motifs is 3. The van der Waals surface area contributed by atoms with Gasteiger partial charge in [-0.15, -0.1) is 0 Å². The van der Waals surface area contributed by atoms with Crippen molar-refractivity contribution in [2.75, 3.05) is 0 Å². The summed E-state index contributed by atoms with van der Waals surface area (Å²) in [6.07, 6.45) is 3.88. The van der Waals surface area contributed by atoms with Crippen LogP contribution in [0.3, 0.4) is 0 Å². The molecule has 0 atom stereocenters. The van der Waals surface area contributed by atoms with Gasteiger partial charge in [0.15, 0.2) is 0 Å². The molecule has 0 saturated carbocycles. The fraction of sp³-hybridized carbons (Fsp3) is 0.250. The zero-order chi connectivity index (χ0) is 15.6. The molecule has 0 radical (unpaired) electrons. The zero-order valence-electron chi connectivity index (χ0n) is 12.9. The first-order valence-electron chi connectivity index (χ1n) is 6.44. The van der Waals surface area contributed by atoms with Gasteiger partial charge in [-0.3, -0.25) is 9.97 Å². The van der Waals surface area contributed by atoms with Gasteiger partial charge in [0.05, 0.1) is 11.0 Å². The number of hydrogen-bond donors (Lipinski definition) is 0. The normalized spacial score (nSPS) is 10.3. The van der Waals surface area contributed by atoms with Crippen LogP contribution >= 0.6 is 18.8 Å². The molecule has 3 rings (SSSR count). The number of benzene rings is 1. The molecule has 6 heteroatoms. The van der Waals surface area contributed by atoms with Gasteiger partial charge in [-0.05, 0) is 49.9 Å². The number of nitrogens with two attached hydrogens (primary N) is 1. The second kappa shape index (κ2) is 8.21. The van der Waals surface area contributed by atoms with E-state index in [1.54, 1.807) is 0 Å². The standard InChI is InChI=1S/C16H16N2.2ClH.H2N.Pt/c1-9-7-17-15-13(11(9)3)5-6-14-12(4)10(2)8-18-16(14)15;;;;/h5-8H,1-4H3;2*1H;1H2;/q;;;-1;+2/p-2. The molecule has 3 nitrogen and oxygen atoms in total. The predicted octanol–water partition coefficient (Wildman–Crippen LogP) is 6.11. The molecule has 0 unspecified atom stereocenters. The summed E-state index contributed by atoms with van der Waals surface area (Å²) in [5, 5.41) is 2.41. The molecule has 1 aromatic carbocycles. The van der Waals surface area contributed by atoms with Crippen molar-refractivity contribution in [3.8, 4) is 0 Å². The first-order chi connectivity index (χ1) is 10.0. The minimum Gasteiger partial charge on any atom is -0.693 e. The fourth-order valence-electron chi connectivity index (χ4n) is 2.39. The molecular weight excluding hydrogens is 500 g/mol. The minimum absolute atomic E-state index is 0. The Bertz CT molecular complexity index is 740. The van der Waals surface area contributed by atoms with Crippen LogP contribution in [-0.2, 0) is 16.5 Å². The van der Waals surface area contributed by atoms with Crippen molar-refractivity contribution < 1.29 is 16.5 Å². The molecule has 0 bridgehead atoms. The summed E-state index contributed by atoms with van der Waals surface area (Å²) in [7, 11) is 9.75. The van der Waals surface area contributed by atoms with Crippen molar-refractivity contribution in [1.82, 2.24) is 9.97 Å². The first-order valence-corrected chi connectivity index (χ1v) is 12.1. The molecule has 0 spiro atoms. The summed E-state index contributed by atoms with van der Waals surface area (Å²) in [6.45, 7) is 8.48. The Morgan fingerprint density at radius 1 is 0.773 bits per heavy atom. The van der Waals surface area contributed by atoms with Gasteiger partial charge in [-0.2, -0.15) is 0 Å². The number of aromatic nitrogens is 2. The van der Waals surface area contributed by atoms with E-state index in [2.05, 4.69) is 49.8 Å². The van der Waals surface area contributed by atoms with Gasteiger partial charge in [0, 0.05) is 23.2 Å². The first kappa shape index (κ1) is 19.3. The van der Waals surface area contributed by atoms with Crippen LogP contribution in [0.1, 0.15) is 22.3 Å². The van der Waals surface area contributed by atoms with E-state index in [0.29, 0.717) is 0 Å². The molecule has 2 N–H and O–H groups in total. The Hall–Kier alpha value is -0.732. The number of pyridine rings is 2. The summed E-state index contributed by atoms with van der Waals surface area (Å²) in [5.41, 5.74) is 7.07. The quantitative estimate of drug-likeness (QED) is 0.337. The number of halogens is 2. The molecule has 122 valence electrons. The molecule has 2 heterocycles. The Kier molecular flexibility index (Phi) is 7.21. The fourth-order valence-corrected chi connectivity index (χ4v) is 2.39. The minimum atomic E-state index is -0.472. The molecule has 0 fully saturated rings. The SMILES string of the molecule is Cc1cnc2c(ccc3c(C)c(C)cnc32)c1C.[Cl][Pt][Cl].[NH2-]. The van der Waals surface area contributed by atoms with Crippen molar-refractivity contribution >= 4 is 40.6 Å². The Morgan fingerprint density at radius 3 is 1.41 bits per heavy atom. The van der Waals surface area contributed by atoms with E-state index in [4.69, 9.17) is 18.8 Å². The van der Waals surface area contributed by atoms with Gasteiger partial charge < -0.3 is 6.15 Å². The Labute approximate surface area is 147 Å². The van der Waals surface area contributed by atoms with E-state index >= 15 is 0 Å². The van der Waals surface area contributed by atoms with Crippen LogP contribution in [0.4, 0.5) is 0 Å². The molecule has 3 aromatic rings. The van der Waals surface area contributed by atoms with Crippen molar-refractivity contribution in [3.05, 3.63) is 52.9 Å². The van der Waals surface area contributed by atoms with E-state index in [9.17, 15) is 0 Å². The molecule has 0 aliphatic rings. The zero-order valence-corrected chi connectivity index (χ0v) is 16.6. The molecule has 2 aromatic heterocycles. The summed E-state index contributed by atoms with van der Waals surface area (Å²) in [4.78, 5) is 9.16. The maximum Gasteiger partial charge on any atom is -0.693 e. The molecule has 0 amide bonds. The van der Waals surface area contributed by atoms with Crippen molar-refractivity contribution in [1.29, 1.82) is 0 Å². The molecule has 22 heavy (non-hydrogen) atoms. The monoisotopic (exact) mass is 517 g/mol. The van der Waals surface area contributed by atoms with Gasteiger partial charge in [0.1, 0.15) is 0 Å². The van der Waals surface area contributed by atoms with Crippen LogP contribution in [-0.4, -0.2) is 9.97 Å². The van der Waals surface area contributed by atoms with Crippen LogP contribution in [0.2, 0.25) is 0 Å². The molecule has 0 aliphatic carbocycles. The second-order valence-electron chi connectivity index (χ2n) is 5.04. The summed E-state index contributed by atoms with van der Waals surface area (Å²) in [6, 6.07) is 4.34. The van der Waals surface area contributed by atoms with Gasteiger partial charge in [-0.1, -0.05) is 12.1 Å². The third-order valence-corrected chi connectivity index (χ3v) is 3.92. The van der Waals surface area contributed by atoms with Gasteiger partial charge in [-0.25, -0.2) is 0 Å². The van der Waals surface area contributed by atoms with Gasteiger partial charge in [0.2, 0.25) is 0 Å². The van der Waals surface area contributed by atoms with Crippen molar-refractivity contribution in [2.45, 2.75) is 27.7 Å². The Balaban J connectivity index is 0.000000562. The maximum atomic E-state index is 4.88. The largest absolute Gasteiger partial charge is 0.693 e. The molecule has 0 aliphatic heterocycles. The summed E-state index contributed by atoms with van der Waals surface area (Å²) >= 11 is -0.472. The average molecular weight is 518 g/mol. The molecular formula is C16H18Cl2N3Pt-. The maximum absolute atomic E-state index is 4.88. The summed E-state index contributed by atoms with van der Waals surface area (Å²) in [5.74, 6) is 0. The number of rotatable bonds is 0. The Morgan fingerprint density at radius 2 is 1.09 bits per heavy atom. The van der Waals surface area contributed by atoms with E-state index < -0.39 is 16.5 Å². The van der Waals surface area contributed by atoms with E-state index in [1.165, 1.54) is 33.0 Å². The summed E-state index contributed by atoms with van der Waals surface area (Å²) < 4.78 is 0. The topological polar surface area (TPSA) is 59.3 Å². The van der Waals surface area contributed by atoms with E-state index in [0.717, 1.165) is 11.0 Å². The number of hydrogen-bond acceptors (Lipinski definition) is 2. The second-order valence-corrected chi connectivity index (χ2v) is 8.32. The van der Waals surface area contributed by atoms with E-state index in [1.807, 2.05) is 12.4 Å². The van der Waals surface area contributed by atoms with E-state index in [-0.39, 0.29) is 6.15 Å². The van der Waals surface area contributed by atoms with Gasteiger partial charge >= 0.3 is 35.3 Å².